The van der Waals surface area contributed by atoms with Crippen LogP contribution in [0.4, 0.5) is 22.7 Å². The molecule has 0 unspecified atom stereocenters. The van der Waals surface area contributed by atoms with Crippen molar-refractivity contribution in [3.05, 3.63) is 48.0 Å². The van der Waals surface area contributed by atoms with Gasteiger partial charge in [0.1, 0.15) is 11.5 Å². The van der Waals surface area contributed by atoms with Crippen LogP contribution in [0.15, 0.2) is 52.7 Å². The van der Waals surface area contributed by atoms with Gasteiger partial charge in [-0.2, -0.15) is 5.11 Å². The van der Waals surface area contributed by atoms with E-state index in [1.54, 1.807) is 42.5 Å². The average molecular weight is 254 g/mol. The number of anilines is 2. The van der Waals surface area contributed by atoms with E-state index in [1.807, 2.05) is 0 Å². The van der Waals surface area contributed by atoms with Gasteiger partial charge in [0, 0.05) is 11.3 Å². The minimum absolute atomic E-state index is 0.0197. The van der Waals surface area contributed by atoms with E-state index >= 15 is 0 Å². The maximum atomic E-state index is 7.29. The van der Waals surface area contributed by atoms with Crippen molar-refractivity contribution in [2.24, 2.45) is 16.0 Å². The molecule has 6 heteroatoms. The molecule has 0 saturated carbocycles. The molecule has 7 N–H and O–H groups in total. The fraction of sp³-hybridized carbons (Fsp3) is 0. The standard InChI is InChI=1S/C13H14N6/c14-9-3-6-12(11(15)7-9)19-18-10-4-1-8(2-5-10)13(16)17/h1-7H,14-15H2,(H3,16,17). The van der Waals surface area contributed by atoms with Gasteiger partial charge in [0.15, 0.2) is 0 Å². The van der Waals surface area contributed by atoms with Crippen LogP contribution in [0.1, 0.15) is 5.56 Å². The Morgan fingerprint density at radius 2 is 1.63 bits per heavy atom. The highest BCUT2D eigenvalue weighted by Gasteiger charge is 1.99. The van der Waals surface area contributed by atoms with Crippen LogP contribution in [-0.4, -0.2) is 5.84 Å². The van der Waals surface area contributed by atoms with Crippen molar-refractivity contribution in [3.8, 4) is 0 Å². The lowest BCUT2D eigenvalue weighted by atomic mass is 10.2. The molecule has 0 atom stereocenters. The van der Waals surface area contributed by atoms with E-state index in [-0.39, 0.29) is 5.84 Å². The first-order chi connectivity index (χ1) is 9.06. The van der Waals surface area contributed by atoms with Crippen molar-refractivity contribution in [1.29, 1.82) is 5.41 Å². The molecule has 2 aromatic carbocycles. The van der Waals surface area contributed by atoms with Crippen LogP contribution >= 0.6 is 0 Å². The summed E-state index contributed by atoms with van der Waals surface area (Å²) in [7, 11) is 0. The van der Waals surface area contributed by atoms with Crippen molar-refractivity contribution in [2.45, 2.75) is 0 Å². The Morgan fingerprint density at radius 1 is 0.947 bits per heavy atom. The fourth-order valence-corrected chi connectivity index (χ4v) is 1.48. The van der Waals surface area contributed by atoms with Gasteiger partial charge in [-0.25, -0.2) is 0 Å². The Morgan fingerprint density at radius 3 is 2.21 bits per heavy atom. The summed E-state index contributed by atoms with van der Waals surface area (Å²) in [6.45, 7) is 0. The number of nitrogens with one attached hydrogen (secondary N) is 1. The lowest BCUT2D eigenvalue weighted by Crippen LogP contribution is -2.10. The van der Waals surface area contributed by atoms with Crippen molar-refractivity contribution in [2.75, 3.05) is 11.5 Å². The van der Waals surface area contributed by atoms with Crippen LogP contribution in [0.25, 0.3) is 0 Å². The zero-order chi connectivity index (χ0) is 13.8. The number of hydrogen-bond donors (Lipinski definition) is 4. The third-order valence-corrected chi connectivity index (χ3v) is 2.50. The van der Waals surface area contributed by atoms with Crippen LogP contribution in [0.5, 0.6) is 0 Å². The van der Waals surface area contributed by atoms with Crippen LogP contribution in [0.3, 0.4) is 0 Å². The minimum atomic E-state index is 0.0197. The monoisotopic (exact) mass is 254 g/mol. The lowest BCUT2D eigenvalue weighted by molar-refractivity contribution is 1.23. The number of nitrogen functional groups attached to an aromatic ring is 3. The highest BCUT2D eigenvalue weighted by Crippen LogP contribution is 2.26. The molecule has 0 aromatic heterocycles. The summed E-state index contributed by atoms with van der Waals surface area (Å²) >= 11 is 0. The molecule has 0 amide bonds. The number of hydrogen-bond acceptors (Lipinski definition) is 5. The highest BCUT2D eigenvalue weighted by atomic mass is 15.1. The Kier molecular flexibility index (Phi) is 3.42. The maximum absolute atomic E-state index is 7.29. The van der Waals surface area contributed by atoms with Gasteiger partial charge in [0.05, 0.1) is 11.4 Å². The van der Waals surface area contributed by atoms with E-state index in [2.05, 4.69) is 10.2 Å². The molecule has 2 rings (SSSR count). The Labute approximate surface area is 110 Å². The molecule has 2 aromatic rings. The largest absolute Gasteiger partial charge is 0.399 e. The number of nitrogens with two attached hydrogens (primary N) is 3. The number of azo groups is 1. The van der Waals surface area contributed by atoms with Crippen molar-refractivity contribution in [3.63, 3.8) is 0 Å². The molecule has 0 fully saturated rings. The number of nitrogens with zero attached hydrogens (tertiary/aromatic N) is 2. The van der Waals surface area contributed by atoms with Gasteiger partial charge < -0.3 is 17.2 Å². The predicted molar refractivity (Wildman–Crippen MR) is 76.9 cm³/mol. The second kappa shape index (κ2) is 5.18. The Bertz CT molecular complexity index is 630. The summed E-state index contributed by atoms with van der Waals surface area (Å²) in [4.78, 5) is 0. The van der Waals surface area contributed by atoms with Crippen molar-refractivity contribution in [1.82, 2.24) is 0 Å². The fourth-order valence-electron chi connectivity index (χ4n) is 1.48. The molecule has 0 radical (unpaired) electrons. The van der Waals surface area contributed by atoms with Crippen LogP contribution in [0.2, 0.25) is 0 Å². The van der Waals surface area contributed by atoms with E-state index in [4.69, 9.17) is 22.6 Å². The predicted octanol–water partition coefficient (Wildman–Crippen LogP) is 2.55. The first-order valence-electron chi connectivity index (χ1n) is 5.57. The number of rotatable bonds is 3. The molecule has 0 aliphatic carbocycles. The van der Waals surface area contributed by atoms with Crippen molar-refractivity contribution >= 4 is 28.6 Å². The van der Waals surface area contributed by atoms with Crippen LogP contribution in [-0.2, 0) is 0 Å². The normalized spacial score (nSPS) is 10.7. The maximum Gasteiger partial charge on any atom is 0.122 e. The van der Waals surface area contributed by atoms with E-state index in [0.717, 1.165) is 0 Å². The van der Waals surface area contributed by atoms with Gasteiger partial charge in [-0.05, 0) is 42.5 Å². The second-order valence-electron chi connectivity index (χ2n) is 3.98. The van der Waals surface area contributed by atoms with Crippen LogP contribution in [0, 0.1) is 5.41 Å². The molecule has 0 aliphatic rings. The smallest absolute Gasteiger partial charge is 0.122 e. The minimum Gasteiger partial charge on any atom is -0.399 e. The van der Waals surface area contributed by atoms with E-state index in [0.29, 0.717) is 28.3 Å². The first-order valence-corrected chi connectivity index (χ1v) is 5.57. The SMILES string of the molecule is N=C(N)c1ccc(N=Nc2ccc(N)cc2N)cc1. The molecular weight excluding hydrogens is 240 g/mol. The zero-order valence-electron chi connectivity index (χ0n) is 10.2. The Hall–Kier alpha value is -2.89. The highest BCUT2D eigenvalue weighted by molar-refractivity contribution is 5.95. The quantitative estimate of drug-likeness (QED) is 0.291. The average Bonchev–Trinajstić information content (AvgIpc) is 2.38. The van der Waals surface area contributed by atoms with Gasteiger partial charge in [0.25, 0.3) is 0 Å². The van der Waals surface area contributed by atoms with Crippen molar-refractivity contribution < 1.29 is 0 Å². The summed E-state index contributed by atoms with van der Waals surface area (Å²) in [6.07, 6.45) is 0. The molecule has 0 bridgehead atoms. The molecule has 6 nitrogen and oxygen atoms in total. The van der Waals surface area contributed by atoms with Gasteiger partial charge >= 0.3 is 0 Å². The molecule has 19 heavy (non-hydrogen) atoms. The number of amidine groups is 1. The molecular formula is C13H14N6. The second-order valence-corrected chi connectivity index (χ2v) is 3.98. The van der Waals surface area contributed by atoms with Gasteiger partial charge in [-0.1, -0.05) is 0 Å². The molecule has 0 saturated heterocycles. The molecule has 96 valence electrons. The third kappa shape index (κ3) is 3.06. The summed E-state index contributed by atoms with van der Waals surface area (Å²) < 4.78 is 0. The first kappa shape index (κ1) is 12.6. The molecule has 0 heterocycles. The lowest BCUT2D eigenvalue weighted by Gasteiger charge is -2.00. The van der Waals surface area contributed by atoms with Gasteiger partial charge in [-0.3, -0.25) is 5.41 Å². The number of benzene rings is 2. The molecule has 0 aliphatic heterocycles. The summed E-state index contributed by atoms with van der Waals surface area (Å²) in [6, 6.07) is 11.9. The van der Waals surface area contributed by atoms with E-state index < -0.39 is 0 Å². The van der Waals surface area contributed by atoms with Crippen LogP contribution < -0.4 is 17.2 Å². The van der Waals surface area contributed by atoms with Gasteiger partial charge in [-0.15, -0.1) is 5.11 Å². The topological polar surface area (TPSA) is 127 Å². The van der Waals surface area contributed by atoms with E-state index in [1.165, 1.54) is 0 Å². The summed E-state index contributed by atoms with van der Waals surface area (Å²) in [5.41, 5.74) is 19.7. The van der Waals surface area contributed by atoms with E-state index in [9.17, 15) is 0 Å². The third-order valence-electron chi connectivity index (χ3n) is 2.50. The summed E-state index contributed by atoms with van der Waals surface area (Å²) in [5.74, 6) is 0.0197. The Balaban J connectivity index is 2.20. The van der Waals surface area contributed by atoms with Gasteiger partial charge in [0.2, 0.25) is 0 Å². The molecule has 0 spiro atoms. The summed E-state index contributed by atoms with van der Waals surface area (Å²) in [5, 5.41) is 15.4. The zero-order valence-corrected chi connectivity index (χ0v) is 10.2.